The van der Waals surface area contributed by atoms with Crippen molar-refractivity contribution in [2.75, 3.05) is 26.2 Å². The number of carbonyl (C=O) groups is 4. The number of hydrogen-bond acceptors (Lipinski definition) is 5. The molecule has 5 amide bonds. The van der Waals surface area contributed by atoms with E-state index in [1.54, 1.807) is 4.90 Å². The number of rotatable bonds is 4. The van der Waals surface area contributed by atoms with Crippen LogP contribution in [0.4, 0.5) is 4.79 Å². The van der Waals surface area contributed by atoms with Gasteiger partial charge in [-0.1, -0.05) is 6.08 Å². The molecular weight excluding hydrogens is 336 g/mol. The van der Waals surface area contributed by atoms with E-state index in [9.17, 15) is 19.2 Å². The Morgan fingerprint density at radius 3 is 2.50 bits per heavy atom. The Balaban J connectivity index is 0.00000208. The van der Waals surface area contributed by atoms with Crippen LogP contribution < -0.4 is 5.32 Å². The summed E-state index contributed by atoms with van der Waals surface area (Å²) in [7, 11) is 0. The third-order valence-corrected chi connectivity index (χ3v) is 4.68. The second kappa shape index (κ2) is 7.31. The van der Waals surface area contributed by atoms with Crippen LogP contribution in [-0.2, 0) is 14.4 Å². The number of nitrogens with one attached hydrogen (secondary N) is 1. The highest BCUT2D eigenvalue weighted by molar-refractivity contribution is 6.45. The standard InChI is InChI=1S/C15H20N4O4.ClH/c1-2-7-17-13(21)14(22)18(15(17)23)9-12(20)19-10-3-4-11(19)8-16-6-5-10;/h2,10-11,16H,1,3-9H2;1H. The second-order valence-corrected chi connectivity index (χ2v) is 6.06. The van der Waals surface area contributed by atoms with Gasteiger partial charge in [0.2, 0.25) is 5.91 Å². The highest BCUT2D eigenvalue weighted by Gasteiger charge is 2.46. The first-order chi connectivity index (χ1) is 11.0. The van der Waals surface area contributed by atoms with Crippen molar-refractivity contribution >= 4 is 36.2 Å². The van der Waals surface area contributed by atoms with Gasteiger partial charge in [-0.15, -0.1) is 19.0 Å². The number of urea groups is 1. The molecule has 9 heteroatoms. The summed E-state index contributed by atoms with van der Waals surface area (Å²) >= 11 is 0. The van der Waals surface area contributed by atoms with Crippen LogP contribution in [0.15, 0.2) is 12.7 Å². The lowest BCUT2D eigenvalue weighted by molar-refractivity contribution is -0.145. The lowest BCUT2D eigenvalue weighted by Gasteiger charge is -2.29. The van der Waals surface area contributed by atoms with Crippen LogP contribution >= 0.6 is 12.4 Å². The third kappa shape index (κ3) is 3.03. The zero-order valence-corrected chi connectivity index (χ0v) is 14.1. The summed E-state index contributed by atoms with van der Waals surface area (Å²) in [5.74, 6) is -2.11. The average molecular weight is 357 g/mol. The summed E-state index contributed by atoms with van der Waals surface area (Å²) in [6, 6.07) is -0.494. The Hall–Kier alpha value is -1.93. The molecule has 3 aliphatic rings. The van der Waals surface area contributed by atoms with E-state index >= 15 is 0 Å². The lowest BCUT2D eigenvalue weighted by atomic mass is 10.1. The fraction of sp³-hybridized carbons (Fsp3) is 0.600. The summed E-state index contributed by atoms with van der Waals surface area (Å²) in [5, 5.41) is 3.29. The normalized spacial score (nSPS) is 26.5. The number of fused-ring (bicyclic) bond motifs is 2. The van der Waals surface area contributed by atoms with Gasteiger partial charge in [-0.05, 0) is 25.8 Å². The maximum atomic E-state index is 12.6. The third-order valence-electron chi connectivity index (χ3n) is 4.68. The van der Waals surface area contributed by atoms with Crippen molar-refractivity contribution in [3.63, 3.8) is 0 Å². The van der Waals surface area contributed by atoms with E-state index in [0.717, 1.165) is 42.2 Å². The van der Waals surface area contributed by atoms with Gasteiger partial charge >= 0.3 is 17.8 Å². The minimum absolute atomic E-state index is 0. The molecule has 0 aliphatic carbocycles. The Morgan fingerprint density at radius 1 is 1.12 bits per heavy atom. The number of halogens is 1. The van der Waals surface area contributed by atoms with Gasteiger partial charge in [0, 0.05) is 25.2 Å². The summed E-state index contributed by atoms with van der Waals surface area (Å²) in [4.78, 5) is 51.9. The van der Waals surface area contributed by atoms with E-state index in [1.165, 1.54) is 6.08 Å². The molecule has 3 saturated heterocycles. The first-order valence-electron chi connectivity index (χ1n) is 7.84. The molecule has 2 unspecified atom stereocenters. The molecule has 3 aliphatic heterocycles. The topological polar surface area (TPSA) is 90.0 Å². The van der Waals surface area contributed by atoms with E-state index in [0.29, 0.717) is 0 Å². The number of imide groups is 2. The molecule has 3 heterocycles. The van der Waals surface area contributed by atoms with Gasteiger partial charge in [-0.2, -0.15) is 0 Å². The molecule has 24 heavy (non-hydrogen) atoms. The van der Waals surface area contributed by atoms with Gasteiger partial charge < -0.3 is 10.2 Å². The molecule has 3 fully saturated rings. The van der Waals surface area contributed by atoms with Crippen molar-refractivity contribution in [3.8, 4) is 0 Å². The van der Waals surface area contributed by atoms with Gasteiger partial charge in [0.1, 0.15) is 6.54 Å². The number of hydrogen-bond donors (Lipinski definition) is 1. The molecule has 0 spiro atoms. The SMILES string of the molecule is C=CCN1C(=O)C(=O)N(CC(=O)N2C3CCNCC2CC3)C1=O.Cl. The van der Waals surface area contributed by atoms with E-state index < -0.39 is 17.8 Å². The van der Waals surface area contributed by atoms with Gasteiger partial charge in [0.15, 0.2) is 0 Å². The molecule has 1 N–H and O–H groups in total. The maximum Gasteiger partial charge on any atom is 0.335 e. The van der Waals surface area contributed by atoms with Gasteiger partial charge in [-0.3, -0.25) is 19.3 Å². The van der Waals surface area contributed by atoms with Crippen molar-refractivity contribution in [3.05, 3.63) is 12.7 Å². The zero-order chi connectivity index (χ0) is 16.6. The van der Waals surface area contributed by atoms with E-state index in [1.807, 2.05) is 0 Å². The Kier molecular flexibility index (Phi) is 5.61. The first-order valence-corrected chi connectivity index (χ1v) is 7.84. The van der Waals surface area contributed by atoms with Crippen LogP contribution in [0.1, 0.15) is 19.3 Å². The van der Waals surface area contributed by atoms with Crippen LogP contribution in [0.25, 0.3) is 0 Å². The smallest absolute Gasteiger partial charge is 0.334 e. The lowest BCUT2D eigenvalue weighted by Crippen LogP contribution is -2.48. The predicted molar refractivity (Wildman–Crippen MR) is 87.4 cm³/mol. The minimum Gasteiger partial charge on any atom is -0.334 e. The van der Waals surface area contributed by atoms with Crippen LogP contribution in [0.3, 0.4) is 0 Å². The number of nitrogens with zero attached hydrogens (tertiary/aromatic N) is 3. The summed E-state index contributed by atoms with van der Waals surface area (Å²) in [5.41, 5.74) is 0. The largest absolute Gasteiger partial charge is 0.335 e. The monoisotopic (exact) mass is 356 g/mol. The quantitative estimate of drug-likeness (QED) is 0.426. The summed E-state index contributed by atoms with van der Waals surface area (Å²) < 4.78 is 0. The molecular formula is C15H21ClN4O4. The highest BCUT2D eigenvalue weighted by Crippen LogP contribution is 2.28. The van der Waals surface area contributed by atoms with Crippen molar-refractivity contribution < 1.29 is 19.2 Å². The van der Waals surface area contributed by atoms with Crippen LogP contribution in [0.5, 0.6) is 0 Å². The van der Waals surface area contributed by atoms with Gasteiger partial charge in [0.25, 0.3) is 0 Å². The van der Waals surface area contributed by atoms with E-state index in [2.05, 4.69) is 11.9 Å². The number of amides is 5. The molecule has 2 bridgehead atoms. The minimum atomic E-state index is -0.939. The molecule has 0 aromatic heterocycles. The maximum absolute atomic E-state index is 12.6. The van der Waals surface area contributed by atoms with E-state index in [-0.39, 0.29) is 43.5 Å². The second-order valence-electron chi connectivity index (χ2n) is 6.06. The van der Waals surface area contributed by atoms with Crippen molar-refractivity contribution in [1.82, 2.24) is 20.0 Å². The van der Waals surface area contributed by atoms with Crippen LogP contribution in [0, 0.1) is 0 Å². The fourth-order valence-electron chi connectivity index (χ4n) is 3.59. The predicted octanol–water partition coefficient (Wildman–Crippen LogP) is -0.262. The molecule has 3 rings (SSSR count). The molecule has 0 saturated carbocycles. The van der Waals surface area contributed by atoms with Gasteiger partial charge in [0.05, 0.1) is 0 Å². The van der Waals surface area contributed by atoms with Crippen molar-refractivity contribution in [2.45, 2.75) is 31.3 Å². The Labute approximate surface area is 146 Å². The van der Waals surface area contributed by atoms with Crippen LogP contribution in [-0.4, -0.2) is 76.7 Å². The average Bonchev–Trinajstić information content (AvgIpc) is 2.90. The summed E-state index contributed by atoms with van der Waals surface area (Å²) in [6.45, 7) is 4.64. The Bertz CT molecular complexity index is 568. The molecule has 0 aromatic carbocycles. The molecule has 8 nitrogen and oxygen atoms in total. The number of carbonyl (C=O) groups excluding carboxylic acids is 4. The molecule has 132 valence electrons. The van der Waals surface area contributed by atoms with Crippen molar-refractivity contribution in [1.29, 1.82) is 0 Å². The zero-order valence-electron chi connectivity index (χ0n) is 13.3. The molecule has 0 radical (unpaired) electrons. The van der Waals surface area contributed by atoms with Gasteiger partial charge in [-0.25, -0.2) is 9.69 Å². The molecule has 0 aromatic rings. The summed E-state index contributed by atoms with van der Waals surface area (Å²) in [6.07, 6.45) is 4.11. The fourth-order valence-corrected chi connectivity index (χ4v) is 3.59. The highest BCUT2D eigenvalue weighted by atomic mass is 35.5. The van der Waals surface area contributed by atoms with Crippen LogP contribution in [0.2, 0.25) is 0 Å². The Morgan fingerprint density at radius 2 is 1.79 bits per heavy atom. The molecule has 2 atom stereocenters. The van der Waals surface area contributed by atoms with E-state index in [4.69, 9.17) is 0 Å². The van der Waals surface area contributed by atoms with Crippen molar-refractivity contribution in [2.24, 2.45) is 0 Å². The first kappa shape index (κ1) is 18.4.